The van der Waals surface area contributed by atoms with Gasteiger partial charge in [0.1, 0.15) is 12.3 Å². The van der Waals surface area contributed by atoms with Gasteiger partial charge in [-0.05, 0) is 79.9 Å². The summed E-state index contributed by atoms with van der Waals surface area (Å²) in [5.74, 6) is -0.897. The van der Waals surface area contributed by atoms with Gasteiger partial charge < -0.3 is 15.0 Å². The zero-order valence-electron chi connectivity index (χ0n) is 20.1. The van der Waals surface area contributed by atoms with Crippen LogP contribution in [0.3, 0.4) is 0 Å². The number of hydrogen-bond donors (Lipinski definition) is 1. The zero-order chi connectivity index (χ0) is 26.5. The summed E-state index contributed by atoms with van der Waals surface area (Å²) >= 11 is 13.0. The lowest BCUT2D eigenvalue weighted by Gasteiger charge is -2.27. The fourth-order valence-corrected chi connectivity index (χ4v) is 5.12. The van der Waals surface area contributed by atoms with Gasteiger partial charge in [0.2, 0.25) is 5.91 Å². The molecule has 11 heteroatoms. The van der Waals surface area contributed by atoms with Gasteiger partial charge in [0.25, 0.3) is 17.1 Å². The lowest BCUT2D eigenvalue weighted by Crippen LogP contribution is -2.44. The lowest BCUT2D eigenvalue weighted by molar-refractivity contribution is -0.136. The van der Waals surface area contributed by atoms with Crippen LogP contribution in [0.1, 0.15) is 30.4 Å². The van der Waals surface area contributed by atoms with Crippen molar-refractivity contribution >= 4 is 69.7 Å². The molecule has 194 valence electrons. The van der Waals surface area contributed by atoms with E-state index in [-0.39, 0.29) is 24.0 Å². The number of aryl methyl sites for hydroxylation is 1. The number of amides is 4. The van der Waals surface area contributed by atoms with Crippen LogP contribution in [0.2, 0.25) is 10.0 Å². The summed E-state index contributed by atoms with van der Waals surface area (Å²) in [6, 6.07) is 9.92. The number of thioether (sulfide) groups is 1. The third-order valence-electron chi connectivity index (χ3n) is 5.95. The van der Waals surface area contributed by atoms with E-state index in [2.05, 4.69) is 5.32 Å². The largest absolute Gasteiger partial charge is 0.483 e. The highest BCUT2D eigenvalue weighted by Crippen LogP contribution is 2.35. The molecule has 2 aromatic rings. The molecule has 4 rings (SSSR count). The Bertz CT molecular complexity index is 1280. The van der Waals surface area contributed by atoms with Crippen LogP contribution < -0.4 is 10.1 Å². The van der Waals surface area contributed by atoms with Crippen LogP contribution in [0.25, 0.3) is 6.08 Å². The van der Waals surface area contributed by atoms with Crippen molar-refractivity contribution in [2.45, 2.75) is 26.2 Å². The Morgan fingerprint density at radius 3 is 2.57 bits per heavy atom. The van der Waals surface area contributed by atoms with E-state index in [9.17, 15) is 19.2 Å². The van der Waals surface area contributed by atoms with Crippen LogP contribution in [0.5, 0.6) is 5.75 Å². The van der Waals surface area contributed by atoms with Crippen LogP contribution in [0.15, 0.2) is 41.3 Å². The number of benzene rings is 2. The third kappa shape index (κ3) is 6.85. The summed E-state index contributed by atoms with van der Waals surface area (Å²) in [5, 5.41) is 3.12. The van der Waals surface area contributed by atoms with Crippen molar-refractivity contribution in [2.75, 3.05) is 31.6 Å². The number of ether oxygens (including phenoxy) is 1. The van der Waals surface area contributed by atoms with Gasteiger partial charge in [0, 0.05) is 34.4 Å². The van der Waals surface area contributed by atoms with Crippen LogP contribution in [0.4, 0.5) is 10.5 Å². The smallest absolute Gasteiger partial charge is 0.294 e. The van der Waals surface area contributed by atoms with E-state index >= 15 is 0 Å². The molecule has 2 fully saturated rings. The fraction of sp³-hybridized carbons (Fsp3) is 0.308. The van der Waals surface area contributed by atoms with E-state index in [1.165, 1.54) is 6.08 Å². The summed E-state index contributed by atoms with van der Waals surface area (Å²) in [4.78, 5) is 53.3. The maximum atomic E-state index is 13.0. The molecule has 37 heavy (non-hydrogen) atoms. The number of nitrogens with zero attached hydrogens (tertiary/aromatic N) is 2. The SMILES string of the molecule is Cc1ccc(NC(=O)COc2ccc(Cl)cc2/C=C2\SC(=O)N(CC(=O)N3CCCCC3)C2=O)cc1Cl. The standard InChI is InChI=1S/C26H25Cl2N3O5S/c1-16-5-7-19(13-20(16)28)29-23(32)15-36-21-8-6-18(27)11-17(21)12-22-25(34)31(26(35)37-22)14-24(33)30-9-3-2-4-10-30/h5-8,11-13H,2-4,9-10,14-15H2,1H3,(H,29,32)/b22-12-. The molecular formula is C26H25Cl2N3O5S. The second-order valence-corrected chi connectivity index (χ2v) is 10.5. The van der Waals surface area contributed by atoms with E-state index in [4.69, 9.17) is 27.9 Å². The maximum absolute atomic E-state index is 13.0. The van der Waals surface area contributed by atoms with Crippen molar-refractivity contribution in [1.82, 2.24) is 9.80 Å². The first-order chi connectivity index (χ1) is 17.7. The first-order valence-electron chi connectivity index (χ1n) is 11.7. The average Bonchev–Trinajstić information content (AvgIpc) is 3.13. The van der Waals surface area contributed by atoms with Gasteiger partial charge in [0.15, 0.2) is 6.61 Å². The van der Waals surface area contributed by atoms with Gasteiger partial charge in [-0.3, -0.25) is 24.1 Å². The highest BCUT2D eigenvalue weighted by molar-refractivity contribution is 8.18. The average molecular weight is 562 g/mol. The van der Waals surface area contributed by atoms with E-state index in [0.29, 0.717) is 40.1 Å². The minimum absolute atomic E-state index is 0.141. The first kappa shape index (κ1) is 27.0. The summed E-state index contributed by atoms with van der Waals surface area (Å²) < 4.78 is 5.70. The van der Waals surface area contributed by atoms with Gasteiger partial charge in [-0.15, -0.1) is 0 Å². The Morgan fingerprint density at radius 2 is 1.84 bits per heavy atom. The van der Waals surface area contributed by atoms with Crippen LogP contribution >= 0.6 is 35.0 Å². The molecule has 0 aromatic heterocycles. The Labute approximate surface area is 228 Å². The normalized spacial score (nSPS) is 16.9. The topological polar surface area (TPSA) is 96.0 Å². The monoisotopic (exact) mass is 561 g/mol. The van der Waals surface area contributed by atoms with Crippen molar-refractivity contribution in [2.24, 2.45) is 0 Å². The molecule has 2 saturated heterocycles. The molecule has 2 aliphatic heterocycles. The fourth-order valence-electron chi connectivity index (χ4n) is 3.93. The predicted molar refractivity (Wildman–Crippen MR) is 145 cm³/mol. The molecule has 0 atom stereocenters. The molecule has 0 saturated carbocycles. The number of nitrogens with one attached hydrogen (secondary N) is 1. The molecule has 4 amide bonds. The Kier molecular flexibility index (Phi) is 8.79. The number of halogens is 2. The van der Waals surface area contributed by atoms with Crippen molar-refractivity contribution in [3.63, 3.8) is 0 Å². The molecule has 1 N–H and O–H groups in total. The summed E-state index contributed by atoms with van der Waals surface area (Å²) in [6.45, 7) is 2.54. The maximum Gasteiger partial charge on any atom is 0.294 e. The molecule has 0 unspecified atom stereocenters. The van der Waals surface area contributed by atoms with Crippen LogP contribution in [0, 0.1) is 6.92 Å². The van der Waals surface area contributed by atoms with Crippen molar-refractivity contribution in [1.29, 1.82) is 0 Å². The lowest BCUT2D eigenvalue weighted by atomic mass is 10.1. The van der Waals surface area contributed by atoms with Gasteiger partial charge in [-0.2, -0.15) is 0 Å². The van der Waals surface area contributed by atoms with Crippen LogP contribution in [-0.4, -0.2) is 59.0 Å². The molecule has 2 heterocycles. The van der Waals surface area contributed by atoms with Gasteiger partial charge in [-0.1, -0.05) is 29.3 Å². The highest BCUT2D eigenvalue weighted by Gasteiger charge is 2.37. The molecule has 0 aliphatic carbocycles. The number of rotatable bonds is 7. The molecular weight excluding hydrogens is 537 g/mol. The quantitative estimate of drug-likeness (QED) is 0.456. The molecule has 2 aliphatic rings. The number of piperidine rings is 1. The van der Waals surface area contributed by atoms with E-state index < -0.39 is 17.1 Å². The summed E-state index contributed by atoms with van der Waals surface area (Å²) in [7, 11) is 0. The predicted octanol–water partition coefficient (Wildman–Crippen LogP) is 5.37. The second kappa shape index (κ2) is 12.0. The second-order valence-electron chi connectivity index (χ2n) is 8.69. The third-order valence-corrected chi connectivity index (χ3v) is 7.50. The Morgan fingerprint density at radius 1 is 1.08 bits per heavy atom. The first-order valence-corrected chi connectivity index (χ1v) is 13.3. The summed E-state index contributed by atoms with van der Waals surface area (Å²) in [6.07, 6.45) is 4.39. The van der Waals surface area contributed by atoms with E-state index in [1.807, 2.05) is 6.92 Å². The minimum Gasteiger partial charge on any atom is -0.483 e. The van der Waals surface area contributed by atoms with Gasteiger partial charge in [-0.25, -0.2) is 0 Å². The van der Waals surface area contributed by atoms with E-state index in [1.54, 1.807) is 41.3 Å². The number of hydrogen-bond acceptors (Lipinski definition) is 6. The van der Waals surface area contributed by atoms with Gasteiger partial charge >= 0.3 is 0 Å². The minimum atomic E-state index is -0.555. The molecule has 0 bridgehead atoms. The number of imide groups is 1. The van der Waals surface area contributed by atoms with Crippen LogP contribution in [-0.2, 0) is 14.4 Å². The number of likely N-dealkylation sites (tertiary alicyclic amines) is 1. The number of carbonyl (C=O) groups is 4. The highest BCUT2D eigenvalue weighted by atomic mass is 35.5. The van der Waals surface area contributed by atoms with E-state index in [0.717, 1.165) is 41.5 Å². The van der Waals surface area contributed by atoms with Crippen molar-refractivity contribution in [3.8, 4) is 5.75 Å². The van der Waals surface area contributed by atoms with Gasteiger partial charge in [0.05, 0.1) is 4.91 Å². The molecule has 8 nitrogen and oxygen atoms in total. The van der Waals surface area contributed by atoms with Crippen molar-refractivity contribution < 1.29 is 23.9 Å². The number of anilines is 1. The Hall–Kier alpha value is -3.01. The summed E-state index contributed by atoms with van der Waals surface area (Å²) in [5.41, 5.74) is 1.85. The molecule has 2 aromatic carbocycles. The molecule has 0 spiro atoms. The van der Waals surface area contributed by atoms with Crippen molar-refractivity contribution in [3.05, 3.63) is 62.5 Å². The zero-order valence-corrected chi connectivity index (χ0v) is 22.4. The Balaban J connectivity index is 1.43. The number of carbonyl (C=O) groups excluding carboxylic acids is 4. The molecule has 0 radical (unpaired) electrons.